The number of carbonyl (C=O) groups is 2. The van der Waals surface area contributed by atoms with Crippen LogP contribution >= 0.6 is 0 Å². The van der Waals surface area contributed by atoms with E-state index in [0.29, 0.717) is 49.6 Å². The van der Waals surface area contributed by atoms with Crippen LogP contribution in [-0.2, 0) is 4.79 Å². The Balaban J connectivity index is 1.14. The minimum Gasteiger partial charge on any atom is -0.455 e. The van der Waals surface area contributed by atoms with Gasteiger partial charge in [-0.25, -0.2) is 14.4 Å². The van der Waals surface area contributed by atoms with Gasteiger partial charge in [-0.05, 0) is 42.0 Å². The first-order valence-corrected chi connectivity index (χ1v) is 13.3. The van der Waals surface area contributed by atoms with Gasteiger partial charge in [-0.1, -0.05) is 48.5 Å². The molecule has 2 aliphatic rings. The van der Waals surface area contributed by atoms with E-state index >= 15 is 0 Å². The summed E-state index contributed by atoms with van der Waals surface area (Å²) in [6.07, 6.45) is 0.447. The highest BCUT2D eigenvalue weighted by molar-refractivity contribution is 6.11. The number of amides is 2. The molecule has 3 aromatic carbocycles. The van der Waals surface area contributed by atoms with Crippen LogP contribution in [-0.4, -0.2) is 66.0 Å². The zero-order valence-corrected chi connectivity index (χ0v) is 21.8. The van der Waals surface area contributed by atoms with Crippen molar-refractivity contribution in [1.29, 1.82) is 0 Å². The number of guanidine groups is 1. The van der Waals surface area contributed by atoms with Gasteiger partial charge >= 0.3 is 0 Å². The molecule has 0 radical (unpaired) electrons. The number of furan rings is 1. The van der Waals surface area contributed by atoms with Gasteiger partial charge in [0.2, 0.25) is 11.9 Å². The van der Waals surface area contributed by atoms with Crippen LogP contribution < -0.4 is 5.32 Å². The van der Waals surface area contributed by atoms with Crippen molar-refractivity contribution in [3.63, 3.8) is 0 Å². The number of carbonyl (C=O) groups excluding carboxylic acids is 2. The van der Waals surface area contributed by atoms with E-state index in [4.69, 9.17) is 4.42 Å². The summed E-state index contributed by atoms with van der Waals surface area (Å²) in [5.41, 5.74) is 2.88. The standard InChI is InChI=1S/C31H28FN5O3/c32-24-12-10-21(11-13-24)25-19-26(28-18-23-8-4-5-9-27(23)40-28)34-31(33-25)35-29(38)20-36-14-16-37(17-15-36)30(39)22-6-2-1-3-7-22/h1-13,18,25H,14-17,19-20H2,(H,33,35,38). The highest BCUT2D eigenvalue weighted by atomic mass is 19.1. The number of rotatable bonds is 5. The molecule has 40 heavy (non-hydrogen) atoms. The number of aliphatic imine (C=N–C) groups is 2. The van der Waals surface area contributed by atoms with Crippen LogP contribution in [0.3, 0.4) is 0 Å². The van der Waals surface area contributed by atoms with E-state index < -0.39 is 0 Å². The number of nitrogens with zero attached hydrogens (tertiary/aromatic N) is 4. The number of benzene rings is 3. The van der Waals surface area contributed by atoms with E-state index in [2.05, 4.69) is 15.3 Å². The van der Waals surface area contributed by atoms with Gasteiger partial charge in [-0.3, -0.25) is 19.8 Å². The van der Waals surface area contributed by atoms with Crippen molar-refractivity contribution >= 4 is 34.5 Å². The topological polar surface area (TPSA) is 90.5 Å². The molecule has 2 amide bonds. The minimum atomic E-state index is -0.357. The third-order valence-electron chi connectivity index (χ3n) is 7.17. The molecule has 3 heterocycles. The highest BCUT2D eigenvalue weighted by Crippen LogP contribution is 2.29. The molecule has 6 rings (SSSR count). The van der Waals surface area contributed by atoms with Gasteiger partial charge in [0.05, 0.1) is 18.3 Å². The molecule has 0 spiro atoms. The Labute approximate surface area is 230 Å². The molecule has 1 fully saturated rings. The lowest BCUT2D eigenvalue weighted by atomic mass is 9.99. The first-order valence-electron chi connectivity index (χ1n) is 13.3. The lowest BCUT2D eigenvalue weighted by molar-refractivity contribution is -0.121. The number of para-hydroxylation sites is 1. The van der Waals surface area contributed by atoms with Crippen molar-refractivity contribution < 1.29 is 18.4 Å². The molecule has 0 aliphatic carbocycles. The smallest absolute Gasteiger partial charge is 0.253 e. The number of piperazine rings is 1. The molecule has 1 aromatic heterocycles. The van der Waals surface area contributed by atoms with Gasteiger partial charge in [0, 0.05) is 43.5 Å². The molecule has 0 saturated carbocycles. The molecular formula is C31H28FN5O3. The van der Waals surface area contributed by atoms with Crippen molar-refractivity contribution in [3.05, 3.63) is 108 Å². The number of fused-ring (bicyclic) bond motifs is 1. The largest absolute Gasteiger partial charge is 0.455 e. The summed E-state index contributed by atoms with van der Waals surface area (Å²) in [5.74, 6) is 0.233. The number of nitrogens with one attached hydrogen (secondary N) is 1. The summed E-state index contributed by atoms with van der Waals surface area (Å²) in [6, 6.07) is 24.7. The Morgan fingerprint density at radius 3 is 2.40 bits per heavy atom. The molecular weight excluding hydrogens is 509 g/mol. The Hall–Kier alpha value is -4.63. The monoisotopic (exact) mass is 537 g/mol. The predicted octanol–water partition coefficient (Wildman–Crippen LogP) is 4.44. The van der Waals surface area contributed by atoms with E-state index in [-0.39, 0.29) is 36.2 Å². The summed E-state index contributed by atoms with van der Waals surface area (Å²) < 4.78 is 19.6. The van der Waals surface area contributed by atoms with Gasteiger partial charge in [0.15, 0.2) is 0 Å². The van der Waals surface area contributed by atoms with Crippen molar-refractivity contribution in [2.75, 3.05) is 32.7 Å². The summed E-state index contributed by atoms with van der Waals surface area (Å²) >= 11 is 0. The van der Waals surface area contributed by atoms with Gasteiger partial charge in [0.1, 0.15) is 17.2 Å². The van der Waals surface area contributed by atoms with Crippen LogP contribution in [0.4, 0.5) is 4.39 Å². The second kappa shape index (κ2) is 11.2. The van der Waals surface area contributed by atoms with Crippen molar-refractivity contribution in [3.8, 4) is 0 Å². The van der Waals surface area contributed by atoms with Gasteiger partial charge in [-0.2, -0.15) is 0 Å². The number of hydrogen-bond acceptors (Lipinski definition) is 6. The molecule has 8 nitrogen and oxygen atoms in total. The van der Waals surface area contributed by atoms with Crippen molar-refractivity contribution in [2.24, 2.45) is 9.98 Å². The Kier molecular flexibility index (Phi) is 7.20. The SMILES string of the molecule is O=C(CN1CCN(C(=O)c2ccccc2)CC1)NC1=NC(c2ccc(F)cc2)CC(c2cc3ccccc3o2)=N1. The van der Waals surface area contributed by atoms with Crippen LogP contribution in [0, 0.1) is 5.82 Å². The normalized spacial score (nSPS) is 17.8. The van der Waals surface area contributed by atoms with E-state index in [9.17, 15) is 14.0 Å². The van der Waals surface area contributed by atoms with Crippen LogP contribution in [0.25, 0.3) is 11.0 Å². The van der Waals surface area contributed by atoms with E-state index in [1.807, 2.05) is 70.5 Å². The fourth-order valence-corrected chi connectivity index (χ4v) is 5.04. The molecule has 1 saturated heterocycles. The zero-order valence-electron chi connectivity index (χ0n) is 21.8. The summed E-state index contributed by atoms with van der Waals surface area (Å²) in [5, 5.41) is 3.81. The minimum absolute atomic E-state index is 0.000511. The van der Waals surface area contributed by atoms with Gasteiger partial charge in [-0.15, -0.1) is 0 Å². The Morgan fingerprint density at radius 1 is 0.925 bits per heavy atom. The van der Waals surface area contributed by atoms with Gasteiger partial charge < -0.3 is 9.32 Å². The van der Waals surface area contributed by atoms with Crippen LogP contribution in [0.1, 0.15) is 34.1 Å². The average molecular weight is 538 g/mol. The molecule has 1 N–H and O–H groups in total. The lowest BCUT2D eigenvalue weighted by Gasteiger charge is -2.34. The Bertz CT molecular complexity index is 1560. The molecule has 0 bridgehead atoms. The molecule has 1 unspecified atom stereocenters. The van der Waals surface area contributed by atoms with E-state index in [1.165, 1.54) is 12.1 Å². The van der Waals surface area contributed by atoms with E-state index in [0.717, 1.165) is 16.5 Å². The Morgan fingerprint density at radius 2 is 1.65 bits per heavy atom. The van der Waals surface area contributed by atoms with E-state index in [1.54, 1.807) is 12.1 Å². The fraction of sp³-hybridized carbons (Fsp3) is 0.226. The molecule has 4 aromatic rings. The summed E-state index contributed by atoms with van der Waals surface area (Å²) in [4.78, 5) is 38.9. The predicted molar refractivity (Wildman–Crippen MR) is 151 cm³/mol. The number of halogens is 1. The third kappa shape index (κ3) is 5.69. The molecule has 202 valence electrons. The zero-order chi connectivity index (χ0) is 27.5. The lowest BCUT2D eigenvalue weighted by Crippen LogP contribution is -2.51. The molecule has 2 aliphatic heterocycles. The third-order valence-corrected chi connectivity index (χ3v) is 7.17. The van der Waals surface area contributed by atoms with Crippen LogP contribution in [0.2, 0.25) is 0 Å². The van der Waals surface area contributed by atoms with Crippen molar-refractivity contribution in [2.45, 2.75) is 12.5 Å². The maximum atomic E-state index is 13.6. The number of hydrogen-bond donors (Lipinski definition) is 1. The first kappa shape index (κ1) is 25.6. The summed E-state index contributed by atoms with van der Waals surface area (Å²) in [7, 11) is 0. The van der Waals surface area contributed by atoms with Gasteiger partial charge in [0.25, 0.3) is 5.91 Å². The van der Waals surface area contributed by atoms with Crippen molar-refractivity contribution in [1.82, 2.24) is 15.1 Å². The molecule has 1 atom stereocenters. The van der Waals surface area contributed by atoms with Crippen LogP contribution in [0.15, 0.2) is 99.3 Å². The van der Waals surface area contributed by atoms with Crippen LogP contribution in [0.5, 0.6) is 0 Å². The molecule has 9 heteroatoms. The second-order valence-electron chi connectivity index (χ2n) is 9.91. The maximum Gasteiger partial charge on any atom is 0.253 e. The fourth-order valence-electron chi connectivity index (χ4n) is 5.04. The maximum absolute atomic E-state index is 13.6. The summed E-state index contributed by atoms with van der Waals surface area (Å²) in [6.45, 7) is 2.42. The second-order valence-corrected chi connectivity index (χ2v) is 9.91. The highest BCUT2D eigenvalue weighted by Gasteiger charge is 2.26. The first-order chi connectivity index (χ1) is 19.5. The average Bonchev–Trinajstić information content (AvgIpc) is 3.42. The quantitative estimate of drug-likeness (QED) is 0.408.